The first-order valence-electron chi connectivity index (χ1n) is 8.84. The van der Waals surface area contributed by atoms with E-state index in [0.717, 1.165) is 10.1 Å². The van der Waals surface area contributed by atoms with Gasteiger partial charge in [-0.25, -0.2) is 8.42 Å². The Labute approximate surface area is 173 Å². The third-order valence-corrected chi connectivity index (χ3v) is 7.33. The molecule has 1 amide bonds. The summed E-state index contributed by atoms with van der Waals surface area (Å²) >= 11 is 1.37. The van der Waals surface area contributed by atoms with Crippen LogP contribution in [0.4, 0.5) is 5.69 Å². The number of nitrogens with zero attached hydrogens (tertiary/aromatic N) is 1. The number of hydrogen-bond acceptors (Lipinski definition) is 6. The van der Waals surface area contributed by atoms with E-state index in [0.29, 0.717) is 28.6 Å². The number of anilines is 1. The molecular weight excluding hydrogens is 412 g/mol. The van der Waals surface area contributed by atoms with E-state index < -0.39 is 10.0 Å². The maximum absolute atomic E-state index is 13.1. The number of carbonyl (C=O) groups excluding carboxylic acids is 1. The van der Waals surface area contributed by atoms with Gasteiger partial charge in [0.25, 0.3) is 15.9 Å². The van der Waals surface area contributed by atoms with Gasteiger partial charge in [0.15, 0.2) is 11.5 Å². The molecule has 7 nitrogen and oxygen atoms in total. The quantitative estimate of drug-likeness (QED) is 0.615. The van der Waals surface area contributed by atoms with E-state index in [1.165, 1.54) is 49.0 Å². The van der Waals surface area contributed by atoms with Crippen LogP contribution in [0.2, 0.25) is 0 Å². The highest BCUT2D eigenvalue weighted by Crippen LogP contribution is 2.34. The number of rotatable bonds is 7. The van der Waals surface area contributed by atoms with Crippen LogP contribution in [0.1, 0.15) is 16.6 Å². The molecule has 0 fully saturated rings. The van der Waals surface area contributed by atoms with E-state index >= 15 is 0 Å². The van der Waals surface area contributed by atoms with E-state index in [1.54, 1.807) is 24.3 Å². The van der Waals surface area contributed by atoms with Crippen LogP contribution < -0.4 is 19.1 Å². The smallest absolute Gasteiger partial charge is 0.264 e. The van der Waals surface area contributed by atoms with Crippen LogP contribution in [0.5, 0.6) is 11.5 Å². The molecule has 154 valence electrons. The number of carbonyl (C=O) groups is 1. The molecule has 2 aromatic carbocycles. The first kappa shape index (κ1) is 20.9. The first-order chi connectivity index (χ1) is 13.8. The van der Waals surface area contributed by atoms with Crippen molar-refractivity contribution in [3.05, 3.63) is 47.3 Å². The van der Waals surface area contributed by atoms with E-state index in [2.05, 4.69) is 5.32 Å². The summed E-state index contributed by atoms with van der Waals surface area (Å²) in [7, 11) is 0.618. The zero-order chi connectivity index (χ0) is 21.2. The molecular formula is C20H22N2O5S2. The van der Waals surface area contributed by atoms with Crippen molar-refractivity contribution in [1.29, 1.82) is 0 Å². The Kier molecular flexibility index (Phi) is 5.99. The standard InChI is InChI=1S/C20H22N2O5S2/c1-5-21-20(23)19-11-13-10-14(6-9-18(13)28-19)22(2)29(24,25)15-7-8-16(26-3)17(12-15)27-4/h6-12H,5H2,1-4H3,(H,21,23). The Morgan fingerprint density at radius 2 is 1.79 bits per heavy atom. The number of hydrogen-bond donors (Lipinski definition) is 1. The molecule has 0 aliphatic rings. The van der Waals surface area contributed by atoms with Crippen LogP contribution in [-0.4, -0.2) is 42.1 Å². The number of methoxy groups -OCH3 is 2. The van der Waals surface area contributed by atoms with Crippen molar-refractivity contribution in [2.24, 2.45) is 0 Å². The maximum Gasteiger partial charge on any atom is 0.264 e. The molecule has 3 rings (SSSR count). The number of thiophene rings is 1. The predicted molar refractivity (Wildman–Crippen MR) is 115 cm³/mol. The molecule has 0 saturated carbocycles. The van der Waals surface area contributed by atoms with Gasteiger partial charge in [-0.2, -0.15) is 0 Å². The highest BCUT2D eigenvalue weighted by atomic mass is 32.2. The Hall–Kier alpha value is -2.78. The number of sulfonamides is 1. The summed E-state index contributed by atoms with van der Waals surface area (Å²) < 4.78 is 38.7. The first-order valence-corrected chi connectivity index (χ1v) is 11.1. The van der Waals surface area contributed by atoms with Crippen LogP contribution in [0.25, 0.3) is 10.1 Å². The van der Waals surface area contributed by atoms with E-state index in [1.807, 2.05) is 13.0 Å². The van der Waals surface area contributed by atoms with Crippen LogP contribution in [-0.2, 0) is 10.0 Å². The normalized spacial score (nSPS) is 11.3. The number of nitrogens with one attached hydrogen (secondary N) is 1. The van der Waals surface area contributed by atoms with E-state index in [-0.39, 0.29) is 10.8 Å². The SMILES string of the molecule is CCNC(=O)c1cc2cc(N(C)S(=O)(=O)c3ccc(OC)c(OC)c3)ccc2s1. The topological polar surface area (TPSA) is 84.9 Å². The molecule has 1 aromatic heterocycles. The second-order valence-electron chi connectivity index (χ2n) is 6.18. The molecule has 0 radical (unpaired) electrons. The third-order valence-electron chi connectivity index (χ3n) is 4.44. The summed E-state index contributed by atoms with van der Waals surface area (Å²) in [5.74, 6) is 0.648. The highest BCUT2D eigenvalue weighted by molar-refractivity contribution is 7.92. The third kappa shape index (κ3) is 4.01. The maximum atomic E-state index is 13.1. The summed E-state index contributed by atoms with van der Waals surface area (Å²) in [6.07, 6.45) is 0. The zero-order valence-electron chi connectivity index (χ0n) is 16.6. The van der Waals surface area contributed by atoms with Gasteiger partial charge < -0.3 is 14.8 Å². The molecule has 1 heterocycles. The van der Waals surface area contributed by atoms with Crippen molar-refractivity contribution >= 4 is 43.0 Å². The summed E-state index contributed by atoms with van der Waals surface area (Å²) in [6.45, 7) is 2.40. The fraction of sp³-hybridized carbons (Fsp3) is 0.250. The Morgan fingerprint density at radius 1 is 1.07 bits per heavy atom. The lowest BCUT2D eigenvalue weighted by atomic mass is 10.2. The molecule has 9 heteroatoms. The fourth-order valence-corrected chi connectivity index (χ4v) is 5.02. The van der Waals surface area contributed by atoms with Crippen LogP contribution >= 0.6 is 11.3 Å². The van der Waals surface area contributed by atoms with Gasteiger partial charge in [-0.1, -0.05) is 0 Å². The van der Waals surface area contributed by atoms with Crippen molar-refractivity contribution in [2.45, 2.75) is 11.8 Å². The molecule has 1 N–H and O–H groups in total. The minimum atomic E-state index is -3.81. The summed E-state index contributed by atoms with van der Waals surface area (Å²) in [4.78, 5) is 12.7. The molecule has 0 aliphatic carbocycles. The van der Waals surface area contributed by atoms with Gasteiger partial charge in [0.2, 0.25) is 0 Å². The Balaban J connectivity index is 1.97. The molecule has 29 heavy (non-hydrogen) atoms. The average molecular weight is 435 g/mol. The van der Waals surface area contributed by atoms with Gasteiger partial charge >= 0.3 is 0 Å². The van der Waals surface area contributed by atoms with Gasteiger partial charge in [0.05, 0.1) is 29.7 Å². The lowest BCUT2D eigenvalue weighted by molar-refractivity contribution is 0.0960. The Morgan fingerprint density at radius 3 is 2.45 bits per heavy atom. The zero-order valence-corrected chi connectivity index (χ0v) is 18.2. The molecule has 0 saturated heterocycles. The largest absolute Gasteiger partial charge is 0.493 e. The van der Waals surface area contributed by atoms with Gasteiger partial charge in [-0.3, -0.25) is 9.10 Å². The monoisotopic (exact) mass is 434 g/mol. The van der Waals surface area contributed by atoms with Gasteiger partial charge in [0.1, 0.15) is 0 Å². The number of ether oxygens (including phenoxy) is 2. The Bertz CT molecular complexity index is 1150. The molecule has 3 aromatic rings. The fourth-order valence-electron chi connectivity index (χ4n) is 2.86. The second kappa shape index (κ2) is 8.30. The van der Waals surface area contributed by atoms with Gasteiger partial charge in [0, 0.05) is 24.4 Å². The molecule has 0 aliphatic heterocycles. The van der Waals surface area contributed by atoms with Crippen molar-refractivity contribution in [1.82, 2.24) is 5.32 Å². The van der Waals surface area contributed by atoms with Crippen LogP contribution in [0.15, 0.2) is 47.4 Å². The molecule has 0 bridgehead atoms. The minimum Gasteiger partial charge on any atom is -0.493 e. The highest BCUT2D eigenvalue weighted by Gasteiger charge is 2.23. The number of benzene rings is 2. The summed E-state index contributed by atoms with van der Waals surface area (Å²) in [5.41, 5.74) is 0.493. The minimum absolute atomic E-state index is 0.0890. The number of fused-ring (bicyclic) bond motifs is 1. The average Bonchev–Trinajstić information content (AvgIpc) is 3.16. The van der Waals surface area contributed by atoms with Gasteiger partial charge in [-0.15, -0.1) is 11.3 Å². The van der Waals surface area contributed by atoms with Crippen molar-refractivity contribution in [2.75, 3.05) is 32.1 Å². The molecule has 0 atom stereocenters. The molecule has 0 spiro atoms. The second-order valence-corrected chi connectivity index (χ2v) is 9.23. The van der Waals surface area contributed by atoms with E-state index in [9.17, 15) is 13.2 Å². The lowest BCUT2D eigenvalue weighted by Crippen LogP contribution is -2.26. The lowest BCUT2D eigenvalue weighted by Gasteiger charge is -2.20. The van der Waals surface area contributed by atoms with Crippen LogP contribution in [0.3, 0.4) is 0 Å². The van der Waals surface area contributed by atoms with Gasteiger partial charge in [-0.05, 0) is 48.7 Å². The van der Waals surface area contributed by atoms with E-state index in [4.69, 9.17) is 9.47 Å². The predicted octanol–water partition coefficient (Wildman–Crippen LogP) is 3.49. The summed E-state index contributed by atoms with van der Waals surface area (Å²) in [5, 5.41) is 3.58. The van der Waals surface area contributed by atoms with Crippen LogP contribution in [0, 0.1) is 0 Å². The summed E-state index contributed by atoms with van der Waals surface area (Å²) in [6, 6.07) is 11.5. The van der Waals surface area contributed by atoms with Crippen molar-refractivity contribution < 1.29 is 22.7 Å². The van der Waals surface area contributed by atoms with Crippen molar-refractivity contribution in [3.63, 3.8) is 0 Å². The molecule has 0 unspecified atom stereocenters. The number of amides is 1. The van der Waals surface area contributed by atoms with Crippen molar-refractivity contribution in [3.8, 4) is 11.5 Å².